The summed E-state index contributed by atoms with van der Waals surface area (Å²) in [5.74, 6) is 1.12. The molecule has 0 saturated heterocycles. The number of aryl methyl sites for hydroxylation is 1. The molecule has 0 fully saturated rings. The van der Waals surface area contributed by atoms with E-state index in [9.17, 15) is 0 Å². The Balaban J connectivity index is 1.68. The van der Waals surface area contributed by atoms with Gasteiger partial charge in [0.15, 0.2) is 11.5 Å². The van der Waals surface area contributed by atoms with Crippen LogP contribution in [0.25, 0.3) is 0 Å². The van der Waals surface area contributed by atoms with Gasteiger partial charge in [-0.05, 0) is 49.2 Å². The van der Waals surface area contributed by atoms with Gasteiger partial charge in [-0.25, -0.2) is 0 Å². The number of hydrogen-bond acceptors (Lipinski definition) is 3. The Labute approximate surface area is 192 Å². The quantitative estimate of drug-likeness (QED) is 0.362. The maximum atomic E-state index is 6.53. The molecule has 158 valence electrons. The molecule has 0 heterocycles. The van der Waals surface area contributed by atoms with Gasteiger partial charge in [-0.3, -0.25) is 0 Å². The van der Waals surface area contributed by atoms with Crippen molar-refractivity contribution in [3.8, 4) is 11.5 Å². The first kappa shape index (κ1) is 22.8. The molecule has 0 aliphatic carbocycles. The van der Waals surface area contributed by atoms with Crippen LogP contribution >= 0.6 is 34.8 Å². The van der Waals surface area contributed by atoms with Gasteiger partial charge in [0.2, 0.25) is 0 Å². The zero-order valence-electron chi connectivity index (χ0n) is 17.0. The van der Waals surface area contributed by atoms with Gasteiger partial charge in [0, 0.05) is 28.7 Å². The molecule has 0 unspecified atom stereocenters. The summed E-state index contributed by atoms with van der Waals surface area (Å²) in [6.45, 7) is 6.22. The van der Waals surface area contributed by atoms with Gasteiger partial charge >= 0.3 is 0 Å². The van der Waals surface area contributed by atoms with E-state index in [1.54, 1.807) is 12.1 Å². The third-order valence-corrected chi connectivity index (χ3v) is 5.40. The number of ether oxygens (including phenoxy) is 2. The van der Waals surface area contributed by atoms with Crippen LogP contribution in [0.2, 0.25) is 15.1 Å². The fourth-order valence-electron chi connectivity index (χ4n) is 2.97. The van der Waals surface area contributed by atoms with Crippen molar-refractivity contribution in [2.75, 3.05) is 6.61 Å². The van der Waals surface area contributed by atoms with Crippen LogP contribution in [0.3, 0.4) is 0 Å². The summed E-state index contributed by atoms with van der Waals surface area (Å²) in [7, 11) is 0. The Kier molecular flexibility index (Phi) is 8.29. The van der Waals surface area contributed by atoms with E-state index >= 15 is 0 Å². The minimum Gasteiger partial charge on any atom is -0.490 e. The van der Waals surface area contributed by atoms with Crippen molar-refractivity contribution in [2.45, 2.75) is 33.5 Å². The van der Waals surface area contributed by atoms with Gasteiger partial charge in [-0.1, -0.05) is 70.7 Å². The number of halogens is 3. The molecule has 30 heavy (non-hydrogen) atoms. The minimum absolute atomic E-state index is 0.265. The molecule has 3 rings (SSSR count). The molecule has 3 aromatic rings. The molecule has 0 aliphatic rings. The highest BCUT2D eigenvalue weighted by Crippen LogP contribution is 2.37. The highest BCUT2D eigenvalue weighted by atomic mass is 35.5. The van der Waals surface area contributed by atoms with Crippen molar-refractivity contribution in [1.82, 2.24) is 5.32 Å². The Morgan fingerprint density at radius 3 is 2.23 bits per heavy atom. The number of hydrogen-bond donors (Lipinski definition) is 1. The van der Waals surface area contributed by atoms with Crippen LogP contribution in [0, 0.1) is 6.92 Å². The molecule has 0 bridgehead atoms. The van der Waals surface area contributed by atoms with Crippen molar-refractivity contribution in [3.05, 3.63) is 91.9 Å². The predicted molar refractivity (Wildman–Crippen MR) is 125 cm³/mol. The lowest BCUT2D eigenvalue weighted by Crippen LogP contribution is -2.13. The molecule has 3 aromatic carbocycles. The van der Waals surface area contributed by atoms with E-state index in [0.29, 0.717) is 39.7 Å². The molecule has 1 N–H and O–H groups in total. The van der Waals surface area contributed by atoms with Gasteiger partial charge in [0.1, 0.15) is 6.61 Å². The van der Waals surface area contributed by atoms with Crippen molar-refractivity contribution < 1.29 is 9.47 Å². The Hall–Kier alpha value is -1.91. The lowest BCUT2D eigenvalue weighted by Gasteiger charge is -2.16. The first-order valence-electron chi connectivity index (χ1n) is 9.74. The number of rotatable bonds is 9. The minimum atomic E-state index is 0.265. The van der Waals surface area contributed by atoms with E-state index in [-0.39, 0.29) is 6.61 Å². The molecule has 0 saturated carbocycles. The van der Waals surface area contributed by atoms with E-state index in [2.05, 4.69) is 36.5 Å². The summed E-state index contributed by atoms with van der Waals surface area (Å²) in [5, 5.41) is 5.07. The van der Waals surface area contributed by atoms with Gasteiger partial charge < -0.3 is 14.8 Å². The molecule has 0 aromatic heterocycles. The van der Waals surface area contributed by atoms with Gasteiger partial charge in [0.25, 0.3) is 0 Å². The first-order chi connectivity index (χ1) is 14.5. The van der Waals surface area contributed by atoms with Crippen molar-refractivity contribution in [3.63, 3.8) is 0 Å². The monoisotopic (exact) mass is 463 g/mol. The maximum absolute atomic E-state index is 6.53. The summed E-state index contributed by atoms with van der Waals surface area (Å²) in [6, 6.07) is 17.6. The van der Waals surface area contributed by atoms with Crippen LogP contribution in [0.15, 0.2) is 54.6 Å². The summed E-state index contributed by atoms with van der Waals surface area (Å²) < 4.78 is 11.7. The van der Waals surface area contributed by atoms with Crippen molar-refractivity contribution >= 4 is 34.8 Å². The largest absolute Gasteiger partial charge is 0.490 e. The summed E-state index contributed by atoms with van der Waals surface area (Å²) in [4.78, 5) is 0. The third-order valence-electron chi connectivity index (χ3n) is 4.54. The maximum Gasteiger partial charge on any atom is 0.180 e. The topological polar surface area (TPSA) is 30.5 Å². The van der Waals surface area contributed by atoms with Gasteiger partial charge in [0.05, 0.1) is 11.6 Å². The molecule has 0 atom stereocenters. The molecule has 6 heteroatoms. The third kappa shape index (κ3) is 6.29. The molecule has 0 spiro atoms. The Morgan fingerprint density at radius 2 is 1.53 bits per heavy atom. The Morgan fingerprint density at radius 1 is 0.800 bits per heavy atom. The normalized spacial score (nSPS) is 10.8. The zero-order valence-corrected chi connectivity index (χ0v) is 19.2. The lowest BCUT2D eigenvalue weighted by atomic mass is 10.1. The number of benzene rings is 3. The fourth-order valence-corrected chi connectivity index (χ4v) is 3.72. The van der Waals surface area contributed by atoms with Crippen LogP contribution in [-0.2, 0) is 19.7 Å². The molecular formula is C24H24Cl3NO2. The van der Waals surface area contributed by atoms with E-state index in [1.807, 2.05) is 25.1 Å². The van der Waals surface area contributed by atoms with Gasteiger partial charge in [-0.2, -0.15) is 0 Å². The van der Waals surface area contributed by atoms with Crippen molar-refractivity contribution in [2.24, 2.45) is 0 Å². The molecule has 0 amide bonds. The molecule has 3 nitrogen and oxygen atoms in total. The second-order valence-electron chi connectivity index (χ2n) is 6.95. The standard InChI is InChI=1S/C24H24Cl3NO2/c1-3-29-23-11-18(14-28-13-17-6-4-16(2)5-7-17)10-22(27)24(23)30-15-19-8-9-20(25)12-21(19)26/h4-12,28H,3,13-15H2,1-2H3. The average Bonchev–Trinajstić information content (AvgIpc) is 2.70. The van der Waals surface area contributed by atoms with E-state index in [4.69, 9.17) is 44.3 Å². The molecular weight excluding hydrogens is 441 g/mol. The van der Waals surface area contributed by atoms with Crippen LogP contribution in [-0.4, -0.2) is 6.61 Å². The van der Waals surface area contributed by atoms with Gasteiger partial charge in [-0.15, -0.1) is 0 Å². The van der Waals surface area contributed by atoms with Crippen LogP contribution in [0.1, 0.15) is 29.2 Å². The van der Waals surface area contributed by atoms with Crippen LogP contribution in [0.4, 0.5) is 0 Å². The van der Waals surface area contributed by atoms with E-state index in [0.717, 1.165) is 17.7 Å². The summed E-state index contributed by atoms with van der Waals surface area (Å²) >= 11 is 18.7. The lowest BCUT2D eigenvalue weighted by molar-refractivity contribution is 0.269. The second kappa shape index (κ2) is 10.9. The van der Waals surface area contributed by atoms with Crippen LogP contribution in [0.5, 0.6) is 11.5 Å². The summed E-state index contributed by atoms with van der Waals surface area (Å²) in [5.41, 5.74) is 4.33. The number of nitrogens with one attached hydrogen (secondary N) is 1. The fraction of sp³-hybridized carbons (Fsp3) is 0.250. The zero-order chi connectivity index (χ0) is 21.5. The average molecular weight is 465 g/mol. The molecule has 0 aliphatic heterocycles. The predicted octanol–water partition coefficient (Wildman–Crippen LogP) is 7.22. The smallest absolute Gasteiger partial charge is 0.180 e. The van der Waals surface area contributed by atoms with Crippen molar-refractivity contribution in [1.29, 1.82) is 0 Å². The first-order valence-corrected chi connectivity index (χ1v) is 10.9. The molecule has 0 radical (unpaired) electrons. The summed E-state index contributed by atoms with van der Waals surface area (Å²) in [6.07, 6.45) is 0. The van der Waals surface area contributed by atoms with Crippen LogP contribution < -0.4 is 14.8 Å². The SMILES string of the molecule is CCOc1cc(CNCc2ccc(C)cc2)cc(Cl)c1OCc1ccc(Cl)cc1Cl. The Bertz CT molecular complexity index is 990. The highest BCUT2D eigenvalue weighted by molar-refractivity contribution is 6.35. The van der Waals surface area contributed by atoms with E-state index in [1.165, 1.54) is 11.1 Å². The van der Waals surface area contributed by atoms with E-state index < -0.39 is 0 Å². The highest BCUT2D eigenvalue weighted by Gasteiger charge is 2.14. The second-order valence-corrected chi connectivity index (χ2v) is 8.20.